The third-order valence-corrected chi connectivity index (χ3v) is 5.06. The largest absolute Gasteiger partial charge is 0.586 e. The number of carbonyl (C=O) groups is 1. The van der Waals surface area contributed by atoms with E-state index in [-0.39, 0.29) is 35.1 Å². The van der Waals surface area contributed by atoms with Gasteiger partial charge in [0.1, 0.15) is 11.8 Å². The van der Waals surface area contributed by atoms with Crippen LogP contribution in [0.3, 0.4) is 0 Å². The van der Waals surface area contributed by atoms with Crippen molar-refractivity contribution in [2.45, 2.75) is 38.9 Å². The summed E-state index contributed by atoms with van der Waals surface area (Å²) in [7, 11) is 0. The molecule has 0 saturated heterocycles. The predicted octanol–water partition coefficient (Wildman–Crippen LogP) is 4.26. The smallest absolute Gasteiger partial charge is 0.432 e. The molecule has 11 heteroatoms. The number of hydrogen-bond donors (Lipinski definition) is 2. The maximum Gasteiger partial charge on any atom is 0.586 e. The Morgan fingerprint density at radius 2 is 1.74 bits per heavy atom. The second-order valence-electron chi connectivity index (χ2n) is 7.74. The summed E-state index contributed by atoms with van der Waals surface area (Å²) in [5, 5.41) is 11.8. The molecule has 1 aromatic heterocycles. The van der Waals surface area contributed by atoms with Gasteiger partial charge in [-0.25, -0.2) is 4.98 Å². The fourth-order valence-corrected chi connectivity index (χ4v) is 3.40. The van der Waals surface area contributed by atoms with E-state index in [1.54, 1.807) is 12.1 Å². The van der Waals surface area contributed by atoms with Crippen LogP contribution in [-0.2, 0) is 17.8 Å². The number of aliphatic hydroxyl groups is 1. The molecule has 184 valence electrons. The first-order valence-electron chi connectivity index (χ1n) is 10.5. The molecule has 2 aromatic carbocycles. The number of rotatable bonds is 8. The second-order valence-corrected chi connectivity index (χ2v) is 7.74. The first-order chi connectivity index (χ1) is 16.6. The molecule has 35 heavy (non-hydrogen) atoms. The van der Waals surface area contributed by atoms with Crippen molar-refractivity contribution in [1.29, 1.82) is 0 Å². The first kappa shape index (κ1) is 24.3. The van der Waals surface area contributed by atoms with Gasteiger partial charge in [-0.05, 0) is 48.4 Å². The minimum atomic E-state index is -3.82. The zero-order valence-electron chi connectivity index (χ0n) is 18.3. The molecular formula is C24H20F4N2O5. The van der Waals surface area contributed by atoms with E-state index in [1.807, 2.05) is 12.1 Å². The van der Waals surface area contributed by atoms with Crippen LogP contribution in [0.2, 0.25) is 0 Å². The van der Waals surface area contributed by atoms with E-state index in [0.717, 1.165) is 11.1 Å². The van der Waals surface area contributed by atoms with Crippen LogP contribution in [0.15, 0.2) is 54.6 Å². The third kappa shape index (κ3) is 5.99. The van der Waals surface area contributed by atoms with Crippen molar-refractivity contribution in [2.24, 2.45) is 0 Å². The Morgan fingerprint density at radius 3 is 2.43 bits per heavy atom. The first-order valence-corrected chi connectivity index (χ1v) is 10.5. The number of pyridine rings is 1. The number of halogens is 4. The van der Waals surface area contributed by atoms with E-state index in [0.29, 0.717) is 12.1 Å². The summed E-state index contributed by atoms with van der Waals surface area (Å²) in [4.78, 5) is 15.9. The van der Waals surface area contributed by atoms with Crippen molar-refractivity contribution in [2.75, 3.05) is 0 Å². The zero-order valence-corrected chi connectivity index (χ0v) is 18.3. The molecule has 1 aliphatic rings. The average molecular weight is 492 g/mol. The standard InChI is InChI=1S/C24H20F4N2O5/c1-13(31)22(32)29-12-15-4-2-14(3-5-15)10-17-7-9-19(33-23(25)26)21(30-17)16-6-8-18-20(11-16)35-24(27,28)34-18/h2-9,11,13,23,31H,10,12H2,1H3,(H,29,32)/t13-/m1/s1. The molecule has 2 N–H and O–H groups in total. The molecule has 1 amide bonds. The molecule has 0 spiro atoms. The summed E-state index contributed by atoms with van der Waals surface area (Å²) in [5.41, 5.74) is 2.43. The van der Waals surface area contributed by atoms with E-state index in [9.17, 15) is 27.5 Å². The van der Waals surface area contributed by atoms with Gasteiger partial charge in [0, 0.05) is 24.2 Å². The quantitative estimate of drug-likeness (QED) is 0.457. The zero-order chi connectivity index (χ0) is 25.2. The van der Waals surface area contributed by atoms with Gasteiger partial charge in [-0.1, -0.05) is 24.3 Å². The lowest BCUT2D eigenvalue weighted by Crippen LogP contribution is -2.31. The Labute approximate surface area is 197 Å². The number of amides is 1. The van der Waals surface area contributed by atoms with E-state index < -0.39 is 24.9 Å². The predicted molar refractivity (Wildman–Crippen MR) is 115 cm³/mol. The lowest BCUT2D eigenvalue weighted by Gasteiger charge is -2.13. The minimum Gasteiger partial charge on any atom is -0.432 e. The summed E-state index contributed by atoms with van der Waals surface area (Å²) in [5.74, 6) is -1.14. The number of ether oxygens (including phenoxy) is 3. The monoisotopic (exact) mass is 492 g/mol. The number of nitrogens with zero attached hydrogens (tertiary/aromatic N) is 1. The molecule has 0 bridgehead atoms. The topological polar surface area (TPSA) is 89.9 Å². The Hall–Kier alpha value is -3.86. The summed E-state index contributed by atoms with van der Waals surface area (Å²) < 4.78 is 66.0. The Balaban J connectivity index is 1.55. The van der Waals surface area contributed by atoms with Crippen molar-refractivity contribution in [3.05, 3.63) is 71.4 Å². The van der Waals surface area contributed by atoms with Crippen molar-refractivity contribution in [1.82, 2.24) is 10.3 Å². The molecule has 7 nitrogen and oxygen atoms in total. The van der Waals surface area contributed by atoms with Crippen LogP contribution in [0.25, 0.3) is 11.3 Å². The van der Waals surface area contributed by atoms with Crippen LogP contribution in [-0.4, -0.2) is 35.0 Å². The maximum absolute atomic E-state index is 13.4. The molecule has 0 unspecified atom stereocenters. The number of fused-ring (bicyclic) bond motifs is 1. The highest BCUT2D eigenvalue weighted by molar-refractivity contribution is 5.79. The van der Waals surface area contributed by atoms with Gasteiger partial charge in [0.15, 0.2) is 17.2 Å². The van der Waals surface area contributed by atoms with Gasteiger partial charge in [-0.3, -0.25) is 4.79 Å². The minimum absolute atomic E-state index is 0.0295. The number of carbonyl (C=O) groups excluding carboxylic acids is 1. The van der Waals surface area contributed by atoms with Crippen molar-refractivity contribution in [3.8, 4) is 28.5 Å². The Kier molecular flexibility index (Phi) is 6.79. The fourth-order valence-electron chi connectivity index (χ4n) is 3.40. The number of alkyl halides is 4. The molecule has 3 aromatic rings. The summed E-state index contributed by atoms with van der Waals surface area (Å²) in [6.07, 6.45) is -4.58. The van der Waals surface area contributed by atoms with Crippen molar-refractivity contribution < 1.29 is 41.7 Å². The van der Waals surface area contributed by atoms with Crippen LogP contribution >= 0.6 is 0 Å². The highest BCUT2D eigenvalue weighted by Crippen LogP contribution is 2.44. The van der Waals surface area contributed by atoms with E-state index in [4.69, 9.17) is 0 Å². The number of benzene rings is 2. The van der Waals surface area contributed by atoms with Crippen LogP contribution in [0.5, 0.6) is 17.2 Å². The van der Waals surface area contributed by atoms with Crippen LogP contribution in [0.1, 0.15) is 23.7 Å². The summed E-state index contributed by atoms with van der Waals surface area (Å²) in [6, 6.07) is 13.9. The number of nitrogens with one attached hydrogen (secondary N) is 1. The van der Waals surface area contributed by atoms with Gasteiger partial charge in [0.05, 0.1) is 0 Å². The Bertz CT molecular complexity index is 1220. The number of aliphatic hydroxyl groups excluding tert-OH is 1. The van der Waals surface area contributed by atoms with Gasteiger partial charge < -0.3 is 24.6 Å². The highest BCUT2D eigenvalue weighted by Gasteiger charge is 2.43. The molecule has 0 fully saturated rings. The molecule has 0 saturated carbocycles. The highest BCUT2D eigenvalue weighted by atomic mass is 19.3. The normalized spacial score (nSPS) is 14.6. The SMILES string of the molecule is C[C@@H](O)C(=O)NCc1ccc(Cc2ccc(OC(F)F)c(-c3ccc4c(c3)OC(F)(F)O4)n2)cc1. The third-order valence-electron chi connectivity index (χ3n) is 5.06. The molecule has 0 radical (unpaired) electrons. The van der Waals surface area contributed by atoms with Gasteiger partial charge in [0.2, 0.25) is 5.91 Å². The Morgan fingerprint density at radius 1 is 1.06 bits per heavy atom. The lowest BCUT2D eigenvalue weighted by molar-refractivity contribution is -0.286. The van der Waals surface area contributed by atoms with Crippen LogP contribution in [0, 0.1) is 0 Å². The van der Waals surface area contributed by atoms with Crippen LogP contribution in [0.4, 0.5) is 17.6 Å². The van der Waals surface area contributed by atoms with Gasteiger partial charge in [-0.2, -0.15) is 8.78 Å². The molecule has 0 aliphatic carbocycles. The van der Waals surface area contributed by atoms with Gasteiger partial charge >= 0.3 is 12.9 Å². The summed E-state index contributed by atoms with van der Waals surface area (Å²) in [6.45, 7) is -1.49. The second kappa shape index (κ2) is 9.79. The number of hydrogen-bond acceptors (Lipinski definition) is 6. The van der Waals surface area contributed by atoms with E-state index >= 15 is 0 Å². The van der Waals surface area contributed by atoms with E-state index in [2.05, 4.69) is 24.5 Å². The lowest BCUT2D eigenvalue weighted by atomic mass is 10.0. The molecular weight excluding hydrogens is 472 g/mol. The molecule has 4 rings (SSSR count). The fraction of sp³-hybridized carbons (Fsp3) is 0.250. The average Bonchev–Trinajstić information content (AvgIpc) is 3.11. The molecule has 1 aliphatic heterocycles. The molecule has 1 atom stereocenters. The summed E-state index contributed by atoms with van der Waals surface area (Å²) >= 11 is 0. The number of aromatic nitrogens is 1. The molecule has 2 heterocycles. The van der Waals surface area contributed by atoms with Crippen molar-refractivity contribution in [3.63, 3.8) is 0 Å². The van der Waals surface area contributed by atoms with Gasteiger partial charge in [0.25, 0.3) is 0 Å². The maximum atomic E-state index is 13.4. The van der Waals surface area contributed by atoms with Gasteiger partial charge in [-0.15, -0.1) is 8.78 Å². The van der Waals surface area contributed by atoms with E-state index in [1.165, 1.54) is 37.3 Å². The van der Waals surface area contributed by atoms with Crippen molar-refractivity contribution >= 4 is 5.91 Å². The van der Waals surface area contributed by atoms with Crippen LogP contribution < -0.4 is 19.5 Å².